The second-order valence-electron chi connectivity index (χ2n) is 9.16. The summed E-state index contributed by atoms with van der Waals surface area (Å²) in [5, 5.41) is 14.3. The summed E-state index contributed by atoms with van der Waals surface area (Å²) in [6.07, 6.45) is 3.75. The highest BCUT2D eigenvalue weighted by atomic mass is 19.4. The van der Waals surface area contributed by atoms with Crippen LogP contribution in [0, 0.1) is 12.3 Å². The van der Waals surface area contributed by atoms with Gasteiger partial charge in [0.15, 0.2) is 0 Å². The smallest absolute Gasteiger partial charge is 0.432 e. The fraction of sp³-hybridized carbons (Fsp3) is 0.393. The van der Waals surface area contributed by atoms with Crippen LogP contribution in [0.25, 0.3) is 22.5 Å². The largest absolute Gasteiger partial charge is 0.493 e. The highest BCUT2D eigenvalue weighted by Crippen LogP contribution is 2.36. The van der Waals surface area contributed by atoms with Gasteiger partial charge in [-0.25, -0.2) is 4.98 Å². The number of H-pyrrole nitrogens is 1. The van der Waals surface area contributed by atoms with E-state index in [1.165, 1.54) is 31.8 Å². The quantitative estimate of drug-likeness (QED) is 0.173. The molecule has 0 aliphatic carbocycles. The zero-order valence-corrected chi connectivity index (χ0v) is 21.5. The molecule has 0 saturated heterocycles. The third-order valence-electron chi connectivity index (χ3n) is 5.90. The number of rotatable bonds is 12. The van der Waals surface area contributed by atoms with Crippen LogP contribution in [0.2, 0.25) is 0 Å². The number of nitrogens with one attached hydrogen (secondary N) is 2. The SMILES string of the molecule is CCCCCCCCOc1cccc(C)c1-c1cc(C(=N)C=C(C)N)nc(-c2cc(C(F)(F)F)[nH]n2)c1. The number of allylic oxidation sites excluding steroid dienone is 2. The molecule has 3 aromatic rings. The lowest BCUT2D eigenvalue weighted by Gasteiger charge is -2.16. The van der Waals surface area contributed by atoms with Crippen molar-refractivity contribution in [2.45, 2.75) is 65.5 Å². The fourth-order valence-electron chi connectivity index (χ4n) is 4.04. The number of hydrogen-bond acceptors (Lipinski definition) is 5. The molecule has 37 heavy (non-hydrogen) atoms. The normalized spacial score (nSPS) is 12.1. The van der Waals surface area contributed by atoms with Crippen molar-refractivity contribution in [1.82, 2.24) is 15.2 Å². The Kier molecular flexibility index (Phi) is 9.49. The van der Waals surface area contributed by atoms with Gasteiger partial charge < -0.3 is 10.5 Å². The van der Waals surface area contributed by atoms with Gasteiger partial charge in [0.25, 0.3) is 0 Å². The van der Waals surface area contributed by atoms with E-state index in [1.807, 2.05) is 30.2 Å². The minimum absolute atomic E-state index is 0.0276. The van der Waals surface area contributed by atoms with Crippen molar-refractivity contribution >= 4 is 5.71 Å². The Morgan fingerprint density at radius 1 is 1.08 bits per heavy atom. The van der Waals surface area contributed by atoms with Gasteiger partial charge in [0, 0.05) is 11.3 Å². The topological polar surface area (TPSA) is 101 Å². The van der Waals surface area contributed by atoms with Crippen LogP contribution in [0.4, 0.5) is 13.2 Å². The number of pyridine rings is 1. The number of hydrogen-bond donors (Lipinski definition) is 3. The molecule has 0 atom stereocenters. The second-order valence-corrected chi connectivity index (χ2v) is 9.16. The molecule has 1 aromatic carbocycles. The van der Waals surface area contributed by atoms with E-state index in [1.54, 1.807) is 19.1 Å². The summed E-state index contributed by atoms with van der Waals surface area (Å²) in [7, 11) is 0. The number of alkyl halides is 3. The van der Waals surface area contributed by atoms with Gasteiger partial charge in [-0.2, -0.15) is 18.3 Å². The summed E-state index contributed by atoms with van der Waals surface area (Å²) in [6, 6.07) is 10.0. The molecule has 0 bridgehead atoms. The van der Waals surface area contributed by atoms with Gasteiger partial charge in [0.05, 0.1) is 23.7 Å². The van der Waals surface area contributed by atoms with Crippen molar-refractivity contribution in [2.24, 2.45) is 5.73 Å². The maximum Gasteiger partial charge on any atom is 0.432 e. The third-order valence-corrected chi connectivity index (χ3v) is 5.90. The Labute approximate surface area is 215 Å². The Hall–Kier alpha value is -3.62. The summed E-state index contributed by atoms with van der Waals surface area (Å²) >= 11 is 0. The van der Waals surface area contributed by atoms with Crippen molar-refractivity contribution in [1.29, 1.82) is 5.41 Å². The molecule has 198 valence electrons. The van der Waals surface area contributed by atoms with Gasteiger partial charge in [-0.3, -0.25) is 10.5 Å². The Morgan fingerprint density at radius 3 is 2.49 bits per heavy atom. The minimum atomic E-state index is -4.56. The molecule has 6 nitrogen and oxygen atoms in total. The molecule has 0 radical (unpaired) electrons. The maximum absolute atomic E-state index is 13.2. The number of halogens is 3. The number of unbranched alkanes of at least 4 members (excludes halogenated alkanes) is 5. The molecule has 0 fully saturated rings. The van der Waals surface area contributed by atoms with E-state index in [4.69, 9.17) is 15.9 Å². The fourth-order valence-corrected chi connectivity index (χ4v) is 4.04. The van der Waals surface area contributed by atoms with Gasteiger partial charge >= 0.3 is 6.18 Å². The molecule has 0 aliphatic heterocycles. The summed E-state index contributed by atoms with van der Waals surface area (Å²) in [6.45, 7) is 6.34. The lowest BCUT2D eigenvalue weighted by Crippen LogP contribution is -2.05. The van der Waals surface area contributed by atoms with Crippen LogP contribution in [-0.2, 0) is 6.18 Å². The van der Waals surface area contributed by atoms with Crippen molar-refractivity contribution in [3.05, 3.63) is 65.1 Å². The van der Waals surface area contributed by atoms with Crippen molar-refractivity contribution in [3.8, 4) is 28.3 Å². The summed E-state index contributed by atoms with van der Waals surface area (Å²) in [4.78, 5) is 4.43. The van der Waals surface area contributed by atoms with E-state index >= 15 is 0 Å². The van der Waals surface area contributed by atoms with E-state index in [9.17, 15) is 13.2 Å². The van der Waals surface area contributed by atoms with Crippen molar-refractivity contribution in [3.63, 3.8) is 0 Å². The van der Waals surface area contributed by atoms with Crippen LogP contribution in [0.15, 0.2) is 48.2 Å². The zero-order valence-electron chi connectivity index (χ0n) is 21.5. The molecule has 0 spiro atoms. The highest BCUT2D eigenvalue weighted by Gasteiger charge is 2.33. The molecule has 0 amide bonds. The van der Waals surface area contributed by atoms with Gasteiger partial charge in [-0.1, -0.05) is 51.2 Å². The number of aromatic amines is 1. The van der Waals surface area contributed by atoms with E-state index in [0.29, 0.717) is 23.6 Å². The molecule has 4 N–H and O–H groups in total. The molecule has 0 unspecified atom stereocenters. The van der Waals surface area contributed by atoms with E-state index < -0.39 is 11.9 Å². The van der Waals surface area contributed by atoms with Crippen LogP contribution in [-0.4, -0.2) is 27.5 Å². The first-order valence-electron chi connectivity index (χ1n) is 12.5. The second kappa shape index (κ2) is 12.6. The van der Waals surface area contributed by atoms with Crippen molar-refractivity contribution in [2.75, 3.05) is 6.61 Å². The van der Waals surface area contributed by atoms with Gasteiger partial charge in [0.1, 0.15) is 17.1 Å². The van der Waals surface area contributed by atoms with Crippen LogP contribution < -0.4 is 10.5 Å². The molecule has 9 heteroatoms. The van der Waals surface area contributed by atoms with Crippen LogP contribution >= 0.6 is 0 Å². The highest BCUT2D eigenvalue weighted by molar-refractivity contribution is 6.06. The number of ether oxygens (including phenoxy) is 1. The number of nitrogens with two attached hydrogens (primary N) is 1. The Bertz CT molecular complexity index is 1240. The molecule has 3 rings (SSSR count). The van der Waals surface area contributed by atoms with Gasteiger partial charge in [0.2, 0.25) is 0 Å². The van der Waals surface area contributed by atoms with Crippen LogP contribution in [0.5, 0.6) is 5.75 Å². The lowest BCUT2D eigenvalue weighted by molar-refractivity contribution is -0.141. The summed E-state index contributed by atoms with van der Waals surface area (Å²) in [5.74, 6) is 0.673. The predicted octanol–water partition coefficient (Wildman–Crippen LogP) is 7.44. The molecule has 2 heterocycles. The van der Waals surface area contributed by atoms with Gasteiger partial charge in [-0.05, 0) is 61.7 Å². The van der Waals surface area contributed by atoms with Crippen molar-refractivity contribution < 1.29 is 17.9 Å². The monoisotopic (exact) mass is 513 g/mol. The van der Waals surface area contributed by atoms with E-state index in [2.05, 4.69) is 17.0 Å². The summed E-state index contributed by atoms with van der Waals surface area (Å²) in [5.41, 5.74) is 8.14. The number of aromatic nitrogens is 3. The molecular weight excluding hydrogens is 479 g/mol. The zero-order chi connectivity index (χ0) is 27.0. The molecule has 2 aromatic heterocycles. The average Bonchev–Trinajstić information content (AvgIpc) is 3.34. The van der Waals surface area contributed by atoms with E-state index in [0.717, 1.165) is 30.0 Å². The average molecular weight is 514 g/mol. The molecule has 0 aliphatic rings. The first-order valence-corrected chi connectivity index (χ1v) is 12.5. The standard InChI is InChI=1S/C28H34F3N5O/c1-4-5-6-7-8-9-13-37-25-12-10-11-18(2)27(25)20-15-22(21(33)14-19(3)32)34-23(16-20)24-17-26(36-35-24)28(29,30)31/h10-12,14-17,33H,4-9,13,32H2,1-3H3,(H,35,36). The van der Waals surface area contributed by atoms with Gasteiger partial charge in [-0.15, -0.1) is 0 Å². The Balaban J connectivity index is 1.99. The third kappa shape index (κ3) is 7.68. The maximum atomic E-state index is 13.2. The minimum Gasteiger partial charge on any atom is -0.493 e. The lowest BCUT2D eigenvalue weighted by atomic mass is 9.97. The van der Waals surface area contributed by atoms with Crippen LogP contribution in [0.3, 0.4) is 0 Å². The molecular formula is C28H34F3N5O. The van der Waals surface area contributed by atoms with Crippen LogP contribution in [0.1, 0.15) is 69.3 Å². The summed E-state index contributed by atoms with van der Waals surface area (Å²) < 4.78 is 45.7. The first-order chi connectivity index (χ1) is 17.6. The number of nitrogens with zero attached hydrogens (tertiary/aromatic N) is 2. The first kappa shape index (κ1) is 28.0. The molecule has 0 saturated carbocycles. The van der Waals surface area contributed by atoms with E-state index in [-0.39, 0.29) is 22.8 Å². The number of aryl methyl sites for hydroxylation is 1. The number of benzene rings is 1. The predicted molar refractivity (Wildman–Crippen MR) is 141 cm³/mol. The Morgan fingerprint density at radius 2 is 1.81 bits per heavy atom.